The van der Waals surface area contributed by atoms with Crippen molar-refractivity contribution in [3.63, 3.8) is 0 Å². The molecule has 0 fully saturated rings. The largest absolute Gasteiger partial charge is 0.505 e. The van der Waals surface area contributed by atoms with Crippen LogP contribution < -0.4 is 0 Å². The molecule has 3 aromatic rings. The third kappa shape index (κ3) is 3.90. The number of hydrogen-bond donors (Lipinski definition) is 1. The van der Waals surface area contributed by atoms with E-state index in [0.29, 0.717) is 5.69 Å². The van der Waals surface area contributed by atoms with Gasteiger partial charge >= 0.3 is 0 Å². The Bertz CT molecular complexity index is 936. The van der Waals surface area contributed by atoms with Gasteiger partial charge in [0.25, 0.3) is 0 Å². The first kappa shape index (κ1) is 19.2. The summed E-state index contributed by atoms with van der Waals surface area (Å²) in [6.07, 6.45) is 4.72. The van der Waals surface area contributed by atoms with E-state index in [0.717, 1.165) is 28.6 Å². The van der Waals surface area contributed by atoms with Crippen LogP contribution in [0.3, 0.4) is 0 Å². The van der Waals surface area contributed by atoms with Gasteiger partial charge in [0.1, 0.15) is 16.7 Å². The summed E-state index contributed by atoms with van der Waals surface area (Å²) in [5.74, 6) is 0.177. The predicted octanol–water partition coefficient (Wildman–Crippen LogP) is 6.02. The minimum Gasteiger partial charge on any atom is -0.505 e. The summed E-state index contributed by atoms with van der Waals surface area (Å²) in [5, 5.41) is 20.0. The van der Waals surface area contributed by atoms with Gasteiger partial charge in [-0.25, -0.2) is 0 Å². The molecular formula is C23H29N3O. The van der Waals surface area contributed by atoms with Crippen LogP contribution in [-0.4, -0.2) is 20.1 Å². The van der Waals surface area contributed by atoms with Crippen LogP contribution in [0.1, 0.15) is 64.5 Å². The normalized spacial score (nSPS) is 11.9. The highest BCUT2D eigenvalue weighted by Crippen LogP contribution is 2.38. The zero-order valence-electron chi connectivity index (χ0n) is 16.8. The van der Waals surface area contributed by atoms with Crippen molar-refractivity contribution in [1.29, 1.82) is 0 Å². The van der Waals surface area contributed by atoms with Gasteiger partial charge in [-0.3, -0.25) is 0 Å². The lowest BCUT2D eigenvalue weighted by atomic mass is 9.78. The van der Waals surface area contributed by atoms with E-state index >= 15 is 0 Å². The Labute approximate surface area is 161 Å². The number of phenols is 1. The van der Waals surface area contributed by atoms with Crippen molar-refractivity contribution >= 4 is 16.6 Å². The lowest BCUT2D eigenvalue weighted by molar-refractivity contribution is 0.443. The molecule has 0 aliphatic carbocycles. The molecule has 0 aliphatic rings. The molecule has 0 amide bonds. The number of aromatic hydroxyl groups is 1. The van der Waals surface area contributed by atoms with Crippen molar-refractivity contribution in [2.45, 2.75) is 58.8 Å². The van der Waals surface area contributed by atoms with Crippen molar-refractivity contribution in [2.75, 3.05) is 0 Å². The Morgan fingerprint density at radius 3 is 2.30 bits per heavy atom. The molecule has 1 heterocycles. The minimum absolute atomic E-state index is 0.00556. The van der Waals surface area contributed by atoms with Crippen molar-refractivity contribution in [3.05, 3.63) is 54.1 Å². The van der Waals surface area contributed by atoms with Crippen LogP contribution in [0.4, 0.5) is 0 Å². The summed E-state index contributed by atoms with van der Waals surface area (Å²) in [4.78, 5) is 1.54. The molecular weight excluding hydrogens is 334 g/mol. The molecule has 4 nitrogen and oxygen atoms in total. The Balaban J connectivity index is 2.12. The SMILES string of the molecule is C=C(C)c1cc(C(C)(C)CCCCC)cc(-n2nc3ccccc3n2)c1O. The molecule has 0 bridgehead atoms. The van der Waals surface area contributed by atoms with Crippen LogP contribution >= 0.6 is 0 Å². The fraction of sp³-hybridized carbons (Fsp3) is 0.391. The molecule has 1 aromatic heterocycles. The first-order valence-electron chi connectivity index (χ1n) is 9.69. The zero-order valence-corrected chi connectivity index (χ0v) is 16.8. The molecule has 2 aromatic carbocycles. The van der Waals surface area contributed by atoms with Crippen LogP contribution in [0.5, 0.6) is 5.75 Å². The Hall–Kier alpha value is -2.62. The number of benzene rings is 2. The van der Waals surface area contributed by atoms with E-state index < -0.39 is 0 Å². The zero-order chi connectivity index (χ0) is 19.6. The quantitative estimate of drug-likeness (QED) is 0.522. The van der Waals surface area contributed by atoms with Crippen LogP contribution in [0.2, 0.25) is 0 Å². The van der Waals surface area contributed by atoms with Gasteiger partial charge in [0.2, 0.25) is 0 Å². The standard InChI is InChI=1S/C23H29N3O/c1-6-7-10-13-23(4,5)17-14-18(16(2)3)22(27)21(15-17)26-24-19-11-8-9-12-20(19)25-26/h8-9,11-12,14-15,27H,2,6-7,10,13H2,1,3-5H3. The van der Waals surface area contributed by atoms with Gasteiger partial charge in [-0.05, 0) is 54.2 Å². The number of rotatable bonds is 7. The van der Waals surface area contributed by atoms with Crippen LogP contribution in [0.15, 0.2) is 43.0 Å². The molecule has 3 rings (SSSR count). The van der Waals surface area contributed by atoms with E-state index in [4.69, 9.17) is 0 Å². The third-order valence-electron chi connectivity index (χ3n) is 5.24. The van der Waals surface area contributed by atoms with Gasteiger partial charge in [0.05, 0.1) is 0 Å². The molecule has 0 unspecified atom stereocenters. The second kappa shape index (κ2) is 7.55. The predicted molar refractivity (Wildman–Crippen MR) is 112 cm³/mol. The topological polar surface area (TPSA) is 50.9 Å². The molecule has 0 saturated carbocycles. The minimum atomic E-state index is -0.00556. The van der Waals surface area contributed by atoms with Crippen LogP contribution in [-0.2, 0) is 5.41 Å². The van der Waals surface area contributed by atoms with E-state index in [1.165, 1.54) is 29.6 Å². The van der Waals surface area contributed by atoms with Gasteiger partial charge in [-0.2, -0.15) is 0 Å². The molecule has 0 radical (unpaired) electrons. The number of aromatic nitrogens is 3. The van der Waals surface area contributed by atoms with E-state index in [1.807, 2.05) is 37.3 Å². The Morgan fingerprint density at radius 2 is 1.74 bits per heavy atom. The molecule has 142 valence electrons. The van der Waals surface area contributed by atoms with Gasteiger partial charge in [-0.1, -0.05) is 58.7 Å². The number of nitrogens with zero attached hydrogens (tertiary/aromatic N) is 3. The maximum absolute atomic E-state index is 10.9. The summed E-state index contributed by atoms with van der Waals surface area (Å²) in [6, 6.07) is 11.8. The molecule has 27 heavy (non-hydrogen) atoms. The number of hydrogen-bond acceptors (Lipinski definition) is 3. The van der Waals surface area contributed by atoms with Crippen LogP contribution in [0, 0.1) is 0 Å². The lowest BCUT2D eigenvalue weighted by Gasteiger charge is -2.27. The highest BCUT2D eigenvalue weighted by molar-refractivity contribution is 5.75. The van der Waals surface area contributed by atoms with E-state index in [2.05, 4.69) is 43.6 Å². The average molecular weight is 364 g/mol. The molecule has 0 aliphatic heterocycles. The average Bonchev–Trinajstić information content (AvgIpc) is 3.05. The van der Waals surface area contributed by atoms with Crippen molar-refractivity contribution in [1.82, 2.24) is 15.0 Å². The van der Waals surface area contributed by atoms with E-state index in [-0.39, 0.29) is 11.2 Å². The first-order valence-corrected chi connectivity index (χ1v) is 9.69. The van der Waals surface area contributed by atoms with E-state index in [9.17, 15) is 5.11 Å². The second-order valence-electron chi connectivity index (χ2n) is 7.99. The number of fused-ring (bicyclic) bond motifs is 1. The van der Waals surface area contributed by atoms with Gasteiger partial charge in [0, 0.05) is 5.56 Å². The fourth-order valence-corrected chi connectivity index (χ4v) is 3.42. The monoisotopic (exact) mass is 363 g/mol. The van der Waals surface area contributed by atoms with Crippen LogP contribution in [0.25, 0.3) is 22.3 Å². The summed E-state index contributed by atoms with van der Waals surface area (Å²) >= 11 is 0. The van der Waals surface area contributed by atoms with Gasteiger partial charge < -0.3 is 5.11 Å². The summed E-state index contributed by atoms with van der Waals surface area (Å²) < 4.78 is 0. The Morgan fingerprint density at radius 1 is 1.11 bits per heavy atom. The summed E-state index contributed by atoms with van der Waals surface area (Å²) in [7, 11) is 0. The Kier molecular flexibility index (Phi) is 5.36. The number of allylic oxidation sites excluding steroid dienone is 1. The van der Waals surface area contributed by atoms with Gasteiger partial charge in [0.15, 0.2) is 5.75 Å². The highest BCUT2D eigenvalue weighted by Gasteiger charge is 2.24. The van der Waals surface area contributed by atoms with E-state index in [1.54, 1.807) is 0 Å². The number of phenolic OH excluding ortho intramolecular Hbond substituents is 1. The molecule has 0 saturated heterocycles. The summed E-state index contributed by atoms with van der Waals surface area (Å²) in [5.41, 5.74) is 4.97. The molecule has 0 spiro atoms. The van der Waals surface area contributed by atoms with Crippen molar-refractivity contribution in [3.8, 4) is 11.4 Å². The van der Waals surface area contributed by atoms with Gasteiger partial charge in [-0.15, -0.1) is 15.0 Å². The summed E-state index contributed by atoms with van der Waals surface area (Å²) in [6.45, 7) is 12.7. The van der Waals surface area contributed by atoms with Crippen molar-refractivity contribution in [2.24, 2.45) is 0 Å². The molecule has 4 heteroatoms. The molecule has 0 atom stereocenters. The third-order valence-corrected chi connectivity index (χ3v) is 5.24. The lowest BCUT2D eigenvalue weighted by Crippen LogP contribution is -2.18. The fourth-order valence-electron chi connectivity index (χ4n) is 3.42. The maximum Gasteiger partial charge on any atom is 0.150 e. The maximum atomic E-state index is 10.9. The second-order valence-corrected chi connectivity index (χ2v) is 7.99. The molecule has 1 N–H and O–H groups in total. The van der Waals surface area contributed by atoms with Crippen molar-refractivity contribution < 1.29 is 5.11 Å². The highest BCUT2D eigenvalue weighted by atomic mass is 16.3. The first-order chi connectivity index (χ1) is 12.8. The smallest absolute Gasteiger partial charge is 0.150 e. The number of unbranched alkanes of at least 4 members (excludes halogenated alkanes) is 2.